The number of carbonyl (C=O) groups is 1. The Balaban J connectivity index is 2.51. The molecule has 1 aromatic carbocycles. The molecule has 0 bridgehead atoms. The first-order valence-electron chi connectivity index (χ1n) is 6.90. The number of halogens is 1. The van der Waals surface area contributed by atoms with Crippen LogP contribution in [0.15, 0.2) is 24.3 Å². The molecule has 0 heterocycles. The molecule has 1 aromatic rings. The van der Waals surface area contributed by atoms with Crippen LogP contribution < -0.4 is 11.1 Å². The van der Waals surface area contributed by atoms with Crippen molar-refractivity contribution in [2.45, 2.75) is 45.1 Å². The van der Waals surface area contributed by atoms with Crippen molar-refractivity contribution >= 4 is 5.91 Å². The standard InChI is InChI=1S/C15H23FN2O/c1-2-3-5-14(18-11-4-6-15(17)19)12-7-9-13(16)10-8-12/h7-10,14,18H,2-6,11H2,1H3,(H2,17,19). The van der Waals surface area contributed by atoms with Crippen molar-refractivity contribution in [1.82, 2.24) is 5.32 Å². The second-order valence-electron chi connectivity index (χ2n) is 4.77. The maximum absolute atomic E-state index is 12.9. The van der Waals surface area contributed by atoms with Gasteiger partial charge in [-0.2, -0.15) is 0 Å². The summed E-state index contributed by atoms with van der Waals surface area (Å²) < 4.78 is 12.9. The Morgan fingerprint density at radius 2 is 2.00 bits per heavy atom. The highest BCUT2D eigenvalue weighted by Crippen LogP contribution is 2.19. The monoisotopic (exact) mass is 266 g/mol. The van der Waals surface area contributed by atoms with Crippen molar-refractivity contribution < 1.29 is 9.18 Å². The molecule has 0 fully saturated rings. The summed E-state index contributed by atoms with van der Waals surface area (Å²) in [6.45, 7) is 2.89. The smallest absolute Gasteiger partial charge is 0.217 e. The number of amides is 1. The van der Waals surface area contributed by atoms with Crippen LogP contribution in [0.25, 0.3) is 0 Å². The van der Waals surface area contributed by atoms with Crippen molar-refractivity contribution in [2.75, 3.05) is 6.54 Å². The number of hydrogen-bond acceptors (Lipinski definition) is 2. The van der Waals surface area contributed by atoms with Crippen LogP contribution >= 0.6 is 0 Å². The van der Waals surface area contributed by atoms with Gasteiger partial charge in [-0.3, -0.25) is 4.79 Å². The van der Waals surface area contributed by atoms with E-state index in [9.17, 15) is 9.18 Å². The van der Waals surface area contributed by atoms with Crippen molar-refractivity contribution in [2.24, 2.45) is 5.73 Å². The molecule has 0 aliphatic carbocycles. The lowest BCUT2D eigenvalue weighted by Gasteiger charge is -2.19. The third kappa shape index (κ3) is 6.34. The number of benzene rings is 1. The molecule has 3 N–H and O–H groups in total. The zero-order valence-corrected chi connectivity index (χ0v) is 11.5. The molecule has 1 atom stereocenters. The third-order valence-corrected chi connectivity index (χ3v) is 3.11. The van der Waals surface area contributed by atoms with E-state index in [1.54, 1.807) is 0 Å². The minimum Gasteiger partial charge on any atom is -0.370 e. The molecule has 0 aliphatic heterocycles. The van der Waals surface area contributed by atoms with E-state index < -0.39 is 0 Å². The maximum Gasteiger partial charge on any atom is 0.217 e. The second-order valence-corrected chi connectivity index (χ2v) is 4.77. The van der Waals surface area contributed by atoms with Crippen LogP contribution in [0.2, 0.25) is 0 Å². The van der Waals surface area contributed by atoms with Gasteiger partial charge in [0.15, 0.2) is 0 Å². The highest BCUT2D eigenvalue weighted by molar-refractivity contribution is 5.73. The van der Waals surface area contributed by atoms with Crippen molar-refractivity contribution in [3.05, 3.63) is 35.6 Å². The van der Waals surface area contributed by atoms with E-state index in [-0.39, 0.29) is 17.8 Å². The van der Waals surface area contributed by atoms with Gasteiger partial charge in [0, 0.05) is 12.5 Å². The summed E-state index contributed by atoms with van der Waals surface area (Å²) in [5.41, 5.74) is 6.20. The number of primary amides is 1. The quantitative estimate of drug-likeness (QED) is 0.675. The Labute approximate surface area is 114 Å². The minimum atomic E-state index is -0.270. The summed E-state index contributed by atoms with van der Waals surface area (Å²) in [6, 6.07) is 6.82. The van der Waals surface area contributed by atoms with Crippen molar-refractivity contribution in [1.29, 1.82) is 0 Å². The first-order valence-corrected chi connectivity index (χ1v) is 6.90. The zero-order valence-electron chi connectivity index (χ0n) is 11.5. The lowest BCUT2D eigenvalue weighted by molar-refractivity contribution is -0.118. The Bertz CT molecular complexity index is 378. The van der Waals surface area contributed by atoms with Gasteiger partial charge in [0.2, 0.25) is 5.91 Å². The molecule has 0 spiro atoms. The SMILES string of the molecule is CCCCC(NCCCC(N)=O)c1ccc(F)cc1. The van der Waals surface area contributed by atoms with Gasteiger partial charge in [0.05, 0.1) is 0 Å². The van der Waals surface area contributed by atoms with Crippen LogP contribution in [0.4, 0.5) is 4.39 Å². The molecule has 1 unspecified atom stereocenters. The largest absolute Gasteiger partial charge is 0.370 e. The number of hydrogen-bond donors (Lipinski definition) is 2. The van der Waals surface area contributed by atoms with Crippen LogP contribution in [0, 0.1) is 5.82 Å². The molecule has 1 rings (SSSR count). The van der Waals surface area contributed by atoms with Crippen molar-refractivity contribution in [3.63, 3.8) is 0 Å². The van der Waals surface area contributed by atoms with Crippen LogP contribution in [0.1, 0.15) is 50.6 Å². The van der Waals surface area contributed by atoms with E-state index in [0.29, 0.717) is 6.42 Å². The number of unbranched alkanes of at least 4 members (excludes halogenated alkanes) is 1. The predicted molar refractivity (Wildman–Crippen MR) is 75.1 cm³/mol. The third-order valence-electron chi connectivity index (χ3n) is 3.11. The van der Waals surface area contributed by atoms with Gasteiger partial charge in [-0.25, -0.2) is 4.39 Å². The van der Waals surface area contributed by atoms with E-state index in [1.165, 1.54) is 12.1 Å². The first-order chi connectivity index (χ1) is 9.13. The molecule has 0 aliphatic rings. The number of nitrogens with one attached hydrogen (secondary N) is 1. The van der Waals surface area contributed by atoms with Gasteiger partial charge in [-0.05, 0) is 37.1 Å². The van der Waals surface area contributed by atoms with Gasteiger partial charge >= 0.3 is 0 Å². The summed E-state index contributed by atoms with van der Waals surface area (Å²) in [5.74, 6) is -0.486. The zero-order chi connectivity index (χ0) is 14.1. The molecular weight excluding hydrogens is 243 g/mol. The fourth-order valence-electron chi connectivity index (χ4n) is 2.03. The topological polar surface area (TPSA) is 55.1 Å². The van der Waals surface area contributed by atoms with Crippen LogP contribution in [0.5, 0.6) is 0 Å². The fourth-order valence-corrected chi connectivity index (χ4v) is 2.03. The molecule has 0 radical (unpaired) electrons. The van der Waals surface area contributed by atoms with Crippen LogP contribution in [0.3, 0.4) is 0 Å². The van der Waals surface area contributed by atoms with Gasteiger partial charge in [0.25, 0.3) is 0 Å². The molecule has 19 heavy (non-hydrogen) atoms. The summed E-state index contributed by atoms with van der Waals surface area (Å²) in [4.78, 5) is 10.7. The van der Waals surface area contributed by atoms with Crippen LogP contribution in [-0.4, -0.2) is 12.5 Å². The average molecular weight is 266 g/mol. The molecule has 0 aromatic heterocycles. The Morgan fingerprint density at radius 3 is 2.58 bits per heavy atom. The Morgan fingerprint density at radius 1 is 1.32 bits per heavy atom. The van der Waals surface area contributed by atoms with Crippen LogP contribution in [-0.2, 0) is 4.79 Å². The highest BCUT2D eigenvalue weighted by Gasteiger charge is 2.10. The highest BCUT2D eigenvalue weighted by atomic mass is 19.1. The number of rotatable bonds is 9. The van der Waals surface area contributed by atoms with E-state index in [4.69, 9.17) is 5.73 Å². The van der Waals surface area contributed by atoms with E-state index in [0.717, 1.165) is 37.8 Å². The van der Waals surface area contributed by atoms with E-state index in [1.807, 2.05) is 12.1 Å². The maximum atomic E-state index is 12.9. The average Bonchev–Trinajstić information content (AvgIpc) is 2.39. The molecule has 4 heteroatoms. The van der Waals surface area contributed by atoms with Gasteiger partial charge in [-0.1, -0.05) is 31.9 Å². The van der Waals surface area contributed by atoms with Gasteiger partial charge < -0.3 is 11.1 Å². The summed E-state index contributed by atoms with van der Waals surface area (Å²) in [7, 11) is 0. The van der Waals surface area contributed by atoms with E-state index in [2.05, 4.69) is 12.2 Å². The molecule has 1 amide bonds. The Hall–Kier alpha value is -1.42. The molecule has 106 valence electrons. The van der Waals surface area contributed by atoms with E-state index >= 15 is 0 Å². The Kier molecular flexibility index (Phi) is 7.11. The summed E-state index contributed by atoms with van der Waals surface area (Å²) >= 11 is 0. The first kappa shape index (κ1) is 15.6. The minimum absolute atomic E-state index is 0.216. The second kappa shape index (κ2) is 8.64. The lowest BCUT2D eigenvalue weighted by Crippen LogP contribution is -2.24. The predicted octanol–water partition coefficient (Wildman–Crippen LogP) is 2.91. The molecule has 3 nitrogen and oxygen atoms in total. The normalized spacial score (nSPS) is 12.3. The summed E-state index contributed by atoms with van der Waals surface area (Å²) in [5, 5.41) is 3.42. The van der Waals surface area contributed by atoms with Crippen molar-refractivity contribution in [3.8, 4) is 0 Å². The summed E-state index contributed by atoms with van der Waals surface area (Å²) in [6.07, 6.45) is 4.39. The number of carbonyl (C=O) groups excluding carboxylic acids is 1. The lowest BCUT2D eigenvalue weighted by atomic mass is 10.0. The molecular formula is C15H23FN2O. The van der Waals surface area contributed by atoms with Gasteiger partial charge in [0.1, 0.15) is 5.82 Å². The molecule has 0 saturated heterocycles. The number of nitrogens with two attached hydrogens (primary N) is 1. The van der Waals surface area contributed by atoms with Gasteiger partial charge in [-0.15, -0.1) is 0 Å². The fraction of sp³-hybridized carbons (Fsp3) is 0.533. The molecule has 0 saturated carbocycles.